The van der Waals surface area contributed by atoms with Gasteiger partial charge in [-0.05, 0) is 38.0 Å². The number of carbonyl (C=O) groups is 1. The number of aryl methyl sites for hydroxylation is 1. The van der Waals surface area contributed by atoms with Gasteiger partial charge in [-0.3, -0.25) is 14.6 Å². The van der Waals surface area contributed by atoms with Gasteiger partial charge in [0.2, 0.25) is 5.95 Å². The highest BCUT2D eigenvalue weighted by Crippen LogP contribution is 2.06. The van der Waals surface area contributed by atoms with E-state index in [1.54, 1.807) is 31.2 Å². The van der Waals surface area contributed by atoms with Crippen molar-refractivity contribution in [3.8, 4) is 0 Å². The van der Waals surface area contributed by atoms with Gasteiger partial charge in [-0.2, -0.15) is 0 Å². The number of nitrogens with one attached hydrogen (secondary N) is 2. The van der Waals surface area contributed by atoms with Crippen molar-refractivity contribution in [2.75, 3.05) is 18.0 Å². The van der Waals surface area contributed by atoms with Crippen molar-refractivity contribution in [3.05, 3.63) is 51.4 Å². The van der Waals surface area contributed by atoms with Gasteiger partial charge in [0.15, 0.2) is 0 Å². The Morgan fingerprint density at radius 3 is 2.82 bits per heavy atom. The summed E-state index contributed by atoms with van der Waals surface area (Å²) < 4.78 is 0. The van der Waals surface area contributed by atoms with Gasteiger partial charge in [0.25, 0.3) is 11.5 Å². The third-order valence-electron chi connectivity index (χ3n) is 3.28. The van der Waals surface area contributed by atoms with Gasteiger partial charge in [0.1, 0.15) is 0 Å². The van der Waals surface area contributed by atoms with Crippen LogP contribution >= 0.6 is 0 Å². The zero-order valence-electron chi connectivity index (χ0n) is 12.3. The summed E-state index contributed by atoms with van der Waals surface area (Å²) in [5, 5.41) is 2.79. The maximum Gasteiger partial charge on any atom is 0.255 e. The number of aromatic amines is 1. The lowest BCUT2D eigenvalue weighted by Gasteiger charge is -2.07. The lowest BCUT2D eigenvalue weighted by Crippen LogP contribution is -2.26. The number of nitrogens with two attached hydrogens (primary N) is 2. The van der Waals surface area contributed by atoms with Gasteiger partial charge in [0.05, 0.1) is 0 Å². The molecule has 2 rings (SSSR count). The minimum Gasteiger partial charge on any atom is -0.399 e. The van der Waals surface area contributed by atoms with E-state index in [9.17, 15) is 9.59 Å². The van der Waals surface area contributed by atoms with Crippen LogP contribution in [0.15, 0.2) is 29.1 Å². The molecular weight excluding hydrogens is 282 g/mol. The third-order valence-corrected chi connectivity index (χ3v) is 3.28. The molecule has 1 aromatic carbocycles. The molecule has 0 aliphatic carbocycles. The van der Waals surface area contributed by atoms with E-state index in [4.69, 9.17) is 11.5 Å². The maximum absolute atomic E-state index is 11.9. The lowest BCUT2D eigenvalue weighted by atomic mass is 10.1. The van der Waals surface area contributed by atoms with Crippen molar-refractivity contribution in [1.29, 1.82) is 0 Å². The van der Waals surface area contributed by atoms with Crippen molar-refractivity contribution >= 4 is 17.5 Å². The zero-order valence-corrected chi connectivity index (χ0v) is 12.3. The Morgan fingerprint density at radius 2 is 2.14 bits per heavy atom. The van der Waals surface area contributed by atoms with Crippen molar-refractivity contribution in [2.24, 2.45) is 0 Å². The summed E-state index contributed by atoms with van der Waals surface area (Å²) in [5.74, 6) is -0.0745. The average molecular weight is 301 g/mol. The Morgan fingerprint density at radius 1 is 1.36 bits per heavy atom. The topological polar surface area (TPSA) is 127 Å². The molecule has 7 heteroatoms. The first-order chi connectivity index (χ1) is 10.5. The molecule has 1 amide bonds. The van der Waals surface area contributed by atoms with E-state index in [0.29, 0.717) is 41.9 Å². The molecule has 0 aliphatic rings. The van der Waals surface area contributed by atoms with Crippen LogP contribution in [0.1, 0.15) is 28.0 Å². The van der Waals surface area contributed by atoms with Gasteiger partial charge >= 0.3 is 0 Å². The Bertz CT molecular complexity index is 739. The SMILES string of the molecule is Cc1nc(N)[nH]c(=O)c1CCCNC(=O)c1cccc(N)c1. The van der Waals surface area contributed by atoms with E-state index in [1.165, 1.54) is 0 Å². The van der Waals surface area contributed by atoms with Crippen molar-refractivity contribution in [1.82, 2.24) is 15.3 Å². The number of hydrogen-bond donors (Lipinski definition) is 4. The van der Waals surface area contributed by atoms with Crippen molar-refractivity contribution in [2.45, 2.75) is 19.8 Å². The minimum absolute atomic E-state index is 0.112. The molecule has 0 unspecified atom stereocenters. The van der Waals surface area contributed by atoms with Crippen LogP contribution < -0.4 is 22.3 Å². The zero-order chi connectivity index (χ0) is 16.1. The highest BCUT2D eigenvalue weighted by atomic mass is 16.1. The molecule has 1 aromatic heterocycles. The predicted octanol–water partition coefficient (Wildman–Crippen LogP) is 0.605. The molecule has 0 saturated carbocycles. The van der Waals surface area contributed by atoms with Crippen LogP contribution in [-0.4, -0.2) is 22.4 Å². The second-order valence-electron chi connectivity index (χ2n) is 5.00. The fraction of sp³-hybridized carbons (Fsp3) is 0.267. The van der Waals surface area contributed by atoms with E-state index in [1.807, 2.05) is 0 Å². The molecule has 6 N–H and O–H groups in total. The summed E-state index contributed by atoms with van der Waals surface area (Å²) in [5.41, 5.74) is 13.1. The number of nitrogen functional groups attached to an aromatic ring is 2. The standard InChI is InChI=1S/C15H19N5O2/c1-9-12(14(22)20-15(17)19-9)6-3-7-18-13(21)10-4-2-5-11(16)8-10/h2,4-5,8H,3,6-7,16H2,1H3,(H,18,21)(H3,17,19,20,22). The molecule has 0 saturated heterocycles. The van der Waals surface area contributed by atoms with E-state index < -0.39 is 0 Å². The Balaban J connectivity index is 1.88. The normalized spacial score (nSPS) is 10.4. The van der Waals surface area contributed by atoms with Crippen molar-refractivity contribution < 1.29 is 4.79 Å². The molecule has 116 valence electrons. The predicted molar refractivity (Wildman–Crippen MR) is 85.5 cm³/mol. The van der Waals surface area contributed by atoms with E-state index in [-0.39, 0.29) is 17.4 Å². The first kappa shape index (κ1) is 15.6. The quantitative estimate of drug-likeness (QED) is 0.475. The summed E-state index contributed by atoms with van der Waals surface area (Å²) in [6.07, 6.45) is 1.15. The van der Waals surface area contributed by atoms with Crippen LogP contribution in [0.2, 0.25) is 0 Å². The Labute approximate surface area is 127 Å². The largest absolute Gasteiger partial charge is 0.399 e. The monoisotopic (exact) mass is 301 g/mol. The lowest BCUT2D eigenvalue weighted by molar-refractivity contribution is 0.0953. The van der Waals surface area contributed by atoms with Gasteiger partial charge in [-0.15, -0.1) is 0 Å². The molecule has 0 atom stereocenters. The highest BCUT2D eigenvalue weighted by molar-refractivity contribution is 5.94. The van der Waals surface area contributed by atoms with Crippen LogP contribution in [-0.2, 0) is 6.42 Å². The van der Waals surface area contributed by atoms with Crippen LogP contribution in [0.5, 0.6) is 0 Å². The molecular formula is C15H19N5O2. The fourth-order valence-electron chi connectivity index (χ4n) is 2.18. The van der Waals surface area contributed by atoms with E-state index in [0.717, 1.165) is 0 Å². The molecule has 22 heavy (non-hydrogen) atoms. The minimum atomic E-state index is -0.229. The number of carbonyl (C=O) groups excluding carboxylic acids is 1. The summed E-state index contributed by atoms with van der Waals surface area (Å²) in [6.45, 7) is 2.20. The van der Waals surface area contributed by atoms with Gasteiger partial charge in [-0.1, -0.05) is 6.07 Å². The second kappa shape index (κ2) is 6.75. The van der Waals surface area contributed by atoms with Crippen LogP contribution in [0.25, 0.3) is 0 Å². The highest BCUT2D eigenvalue weighted by Gasteiger charge is 2.08. The molecule has 0 aliphatic heterocycles. The average Bonchev–Trinajstić information content (AvgIpc) is 2.45. The number of hydrogen-bond acceptors (Lipinski definition) is 5. The Kier molecular flexibility index (Phi) is 4.77. The molecule has 0 bridgehead atoms. The molecule has 1 heterocycles. The molecule has 0 radical (unpaired) electrons. The van der Waals surface area contributed by atoms with Crippen LogP contribution in [0.4, 0.5) is 11.6 Å². The number of nitrogens with zero attached hydrogens (tertiary/aromatic N) is 1. The summed E-state index contributed by atoms with van der Waals surface area (Å²) in [6, 6.07) is 6.77. The van der Waals surface area contributed by atoms with Crippen LogP contribution in [0.3, 0.4) is 0 Å². The summed E-state index contributed by atoms with van der Waals surface area (Å²) in [7, 11) is 0. The Hall–Kier alpha value is -2.83. The number of aromatic nitrogens is 2. The van der Waals surface area contributed by atoms with Gasteiger partial charge in [-0.25, -0.2) is 4.98 Å². The third kappa shape index (κ3) is 3.85. The first-order valence-electron chi connectivity index (χ1n) is 6.96. The number of amides is 1. The first-order valence-corrected chi connectivity index (χ1v) is 6.96. The number of anilines is 2. The van der Waals surface area contributed by atoms with Gasteiger partial charge in [0, 0.05) is 29.1 Å². The van der Waals surface area contributed by atoms with Crippen LogP contribution in [0, 0.1) is 6.92 Å². The molecule has 7 nitrogen and oxygen atoms in total. The fourth-order valence-corrected chi connectivity index (χ4v) is 2.18. The van der Waals surface area contributed by atoms with E-state index in [2.05, 4.69) is 15.3 Å². The van der Waals surface area contributed by atoms with Gasteiger partial charge < -0.3 is 16.8 Å². The number of benzene rings is 1. The smallest absolute Gasteiger partial charge is 0.255 e. The maximum atomic E-state index is 11.9. The van der Waals surface area contributed by atoms with E-state index >= 15 is 0 Å². The summed E-state index contributed by atoms with van der Waals surface area (Å²) >= 11 is 0. The number of rotatable bonds is 5. The van der Waals surface area contributed by atoms with Crippen molar-refractivity contribution in [3.63, 3.8) is 0 Å². The molecule has 0 fully saturated rings. The molecule has 0 spiro atoms. The molecule has 2 aromatic rings. The number of H-pyrrole nitrogens is 1. The second-order valence-corrected chi connectivity index (χ2v) is 5.00. The summed E-state index contributed by atoms with van der Waals surface area (Å²) in [4.78, 5) is 30.2.